The smallest absolute Gasteiger partial charge is 0.251 e. The Morgan fingerprint density at radius 1 is 1.13 bits per heavy atom. The monoisotopic (exact) mass is 319 g/mol. The molecule has 6 heteroatoms. The third-order valence-electron chi connectivity index (χ3n) is 3.52. The molecular weight excluding hydrogens is 294 g/mol. The van der Waals surface area contributed by atoms with E-state index in [-0.39, 0.29) is 11.8 Å². The average Bonchev–Trinajstić information content (AvgIpc) is 2.53. The Morgan fingerprint density at radius 2 is 1.78 bits per heavy atom. The van der Waals surface area contributed by atoms with Gasteiger partial charge < -0.3 is 16.4 Å². The largest absolute Gasteiger partial charge is 0.368 e. The summed E-state index contributed by atoms with van der Waals surface area (Å²) in [6.45, 7) is 4.20. The first-order valence-electron chi connectivity index (χ1n) is 7.87. The lowest BCUT2D eigenvalue weighted by Crippen LogP contribution is -2.44. The van der Waals surface area contributed by atoms with E-state index in [1.807, 2.05) is 19.1 Å². The number of carbonyl (C=O) groups excluding carboxylic acids is 3. The minimum Gasteiger partial charge on any atom is -0.368 e. The zero-order chi connectivity index (χ0) is 17.2. The molecule has 0 heterocycles. The summed E-state index contributed by atoms with van der Waals surface area (Å²) in [4.78, 5) is 34.5. The summed E-state index contributed by atoms with van der Waals surface area (Å²) in [5.41, 5.74) is 7.00. The van der Waals surface area contributed by atoms with Crippen molar-refractivity contribution in [1.29, 1.82) is 0 Å². The maximum Gasteiger partial charge on any atom is 0.251 e. The van der Waals surface area contributed by atoms with E-state index < -0.39 is 11.9 Å². The molecule has 3 amide bonds. The van der Waals surface area contributed by atoms with Gasteiger partial charge in [-0.1, -0.05) is 24.6 Å². The van der Waals surface area contributed by atoms with E-state index in [2.05, 4.69) is 10.6 Å². The third kappa shape index (κ3) is 6.95. The van der Waals surface area contributed by atoms with Crippen molar-refractivity contribution in [3.8, 4) is 0 Å². The van der Waals surface area contributed by atoms with Crippen molar-refractivity contribution in [3.05, 3.63) is 35.4 Å². The number of aryl methyl sites for hydroxylation is 1. The number of hydrogen-bond donors (Lipinski definition) is 3. The van der Waals surface area contributed by atoms with E-state index in [0.29, 0.717) is 37.8 Å². The van der Waals surface area contributed by atoms with E-state index >= 15 is 0 Å². The maximum atomic E-state index is 11.9. The molecule has 1 atom stereocenters. The van der Waals surface area contributed by atoms with Gasteiger partial charge in [0.1, 0.15) is 6.04 Å². The van der Waals surface area contributed by atoms with Crippen LogP contribution in [0.5, 0.6) is 0 Å². The van der Waals surface area contributed by atoms with Gasteiger partial charge in [0.25, 0.3) is 5.91 Å². The topological polar surface area (TPSA) is 101 Å². The van der Waals surface area contributed by atoms with Crippen LogP contribution in [-0.2, 0) is 9.59 Å². The average molecular weight is 319 g/mol. The molecule has 0 aliphatic rings. The van der Waals surface area contributed by atoms with Crippen LogP contribution in [0, 0.1) is 6.92 Å². The summed E-state index contributed by atoms with van der Waals surface area (Å²) >= 11 is 0. The van der Waals surface area contributed by atoms with Crippen LogP contribution in [0.1, 0.15) is 48.5 Å². The molecule has 1 rings (SSSR count). The summed E-state index contributed by atoms with van der Waals surface area (Å²) < 4.78 is 0. The zero-order valence-electron chi connectivity index (χ0n) is 13.7. The number of benzene rings is 1. The van der Waals surface area contributed by atoms with Crippen molar-refractivity contribution < 1.29 is 14.4 Å². The number of primary amides is 1. The number of carbonyl (C=O) groups is 3. The standard InChI is InChI=1S/C17H25N3O3/c1-3-15(21)20-14(16(18)22)6-4-5-11-19-17(23)13-9-7-12(2)8-10-13/h7-10,14H,3-6,11H2,1-2H3,(H2,18,22)(H,19,23)(H,20,21). The number of nitrogens with one attached hydrogen (secondary N) is 2. The molecule has 4 N–H and O–H groups in total. The SMILES string of the molecule is CCC(=O)NC(CCCCNC(=O)c1ccc(C)cc1)C(N)=O. The van der Waals surface area contributed by atoms with Crippen molar-refractivity contribution in [2.24, 2.45) is 5.73 Å². The molecule has 126 valence electrons. The van der Waals surface area contributed by atoms with Crippen molar-refractivity contribution in [2.45, 2.75) is 45.6 Å². The van der Waals surface area contributed by atoms with Gasteiger partial charge in [-0.15, -0.1) is 0 Å². The Hall–Kier alpha value is -2.37. The van der Waals surface area contributed by atoms with Crippen LogP contribution in [0.4, 0.5) is 0 Å². The summed E-state index contributed by atoms with van der Waals surface area (Å²) in [6.07, 6.45) is 2.19. The molecule has 6 nitrogen and oxygen atoms in total. The predicted molar refractivity (Wildman–Crippen MR) is 88.8 cm³/mol. The lowest BCUT2D eigenvalue weighted by atomic mass is 10.1. The lowest BCUT2D eigenvalue weighted by Gasteiger charge is -2.14. The fraction of sp³-hybridized carbons (Fsp3) is 0.471. The molecule has 0 spiro atoms. The molecule has 0 aromatic heterocycles. The summed E-state index contributed by atoms with van der Waals surface area (Å²) in [7, 11) is 0. The highest BCUT2D eigenvalue weighted by molar-refractivity contribution is 5.94. The van der Waals surface area contributed by atoms with Gasteiger partial charge in [-0.2, -0.15) is 0 Å². The fourth-order valence-electron chi connectivity index (χ4n) is 2.06. The van der Waals surface area contributed by atoms with Crippen LogP contribution >= 0.6 is 0 Å². The van der Waals surface area contributed by atoms with Crippen molar-refractivity contribution in [2.75, 3.05) is 6.54 Å². The van der Waals surface area contributed by atoms with E-state index in [4.69, 9.17) is 5.73 Å². The quantitative estimate of drug-likeness (QED) is 0.597. The first-order valence-corrected chi connectivity index (χ1v) is 7.87. The minimum atomic E-state index is -0.643. The second-order valence-corrected chi connectivity index (χ2v) is 5.49. The van der Waals surface area contributed by atoms with Gasteiger partial charge in [0, 0.05) is 18.5 Å². The maximum absolute atomic E-state index is 11.9. The lowest BCUT2D eigenvalue weighted by molar-refractivity contribution is -0.127. The van der Waals surface area contributed by atoms with Gasteiger partial charge in [0.15, 0.2) is 0 Å². The van der Waals surface area contributed by atoms with Crippen molar-refractivity contribution in [3.63, 3.8) is 0 Å². The van der Waals surface area contributed by atoms with Gasteiger partial charge in [0.05, 0.1) is 0 Å². The minimum absolute atomic E-state index is 0.115. The number of unbranched alkanes of at least 4 members (excludes halogenated alkanes) is 1. The number of hydrogen-bond acceptors (Lipinski definition) is 3. The summed E-state index contributed by atoms with van der Waals surface area (Å²) in [5, 5.41) is 5.43. The van der Waals surface area contributed by atoms with Crippen LogP contribution in [0.2, 0.25) is 0 Å². The molecular formula is C17H25N3O3. The van der Waals surface area contributed by atoms with E-state index in [0.717, 1.165) is 5.56 Å². The normalized spacial score (nSPS) is 11.6. The Bertz CT molecular complexity index is 541. The molecule has 0 aliphatic carbocycles. The number of rotatable bonds is 9. The highest BCUT2D eigenvalue weighted by atomic mass is 16.2. The number of nitrogens with two attached hydrogens (primary N) is 1. The third-order valence-corrected chi connectivity index (χ3v) is 3.52. The molecule has 0 aliphatic heterocycles. The van der Waals surface area contributed by atoms with Gasteiger partial charge >= 0.3 is 0 Å². The number of amides is 3. The van der Waals surface area contributed by atoms with Gasteiger partial charge in [0.2, 0.25) is 11.8 Å². The first kappa shape index (κ1) is 18.7. The van der Waals surface area contributed by atoms with Gasteiger partial charge in [-0.3, -0.25) is 14.4 Å². The zero-order valence-corrected chi connectivity index (χ0v) is 13.7. The van der Waals surface area contributed by atoms with Crippen molar-refractivity contribution in [1.82, 2.24) is 10.6 Å². The van der Waals surface area contributed by atoms with Crippen LogP contribution in [-0.4, -0.2) is 30.3 Å². The molecule has 0 saturated heterocycles. The molecule has 23 heavy (non-hydrogen) atoms. The second kappa shape index (κ2) is 9.61. The Kier molecular flexibility index (Phi) is 7.80. The molecule has 1 aromatic rings. The molecule has 1 aromatic carbocycles. The van der Waals surface area contributed by atoms with Crippen LogP contribution in [0.3, 0.4) is 0 Å². The van der Waals surface area contributed by atoms with Gasteiger partial charge in [-0.05, 0) is 38.3 Å². The fourth-order valence-corrected chi connectivity index (χ4v) is 2.06. The summed E-state index contributed by atoms with van der Waals surface area (Å²) in [6, 6.07) is 6.71. The molecule has 0 saturated carbocycles. The molecule has 1 unspecified atom stereocenters. The van der Waals surface area contributed by atoms with E-state index in [9.17, 15) is 14.4 Å². The Balaban J connectivity index is 2.28. The van der Waals surface area contributed by atoms with E-state index in [1.54, 1.807) is 19.1 Å². The van der Waals surface area contributed by atoms with Crippen LogP contribution in [0.15, 0.2) is 24.3 Å². The highest BCUT2D eigenvalue weighted by Gasteiger charge is 2.16. The highest BCUT2D eigenvalue weighted by Crippen LogP contribution is 2.04. The molecule has 0 bridgehead atoms. The predicted octanol–water partition coefficient (Wildman–Crippen LogP) is 1.28. The molecule has 0 radical (unpaired) electrons. The van der Waals surface area contributed by atoms with Crippen LogP contribution in [0.25, 0.3) is 0 Å². The van der Waals surface area contributed by atoms with Gasteiger partial charge in [-0.25, -0.2) is 0 Å². The van der Waals surface area contributed by atoms with Crippen molar-refractivity contribution >= 4 is 17.7 Å². The van der Waals surface area contributed by atoms with E-state index in [1.165, 1.54) is 0 Å². The Morgan fingerprint density at radius 3 is 2.35 bits per heavy atom. The first-order chi connectivity index (χ1) is 10.9. The Labute approximate surface area is 136 Å². The second-order valence-electron chi connectivity index (χ2n) is 5.49. The van der Waals surface area contributed by atoms with Crippen LogP contribution < -0.4 is 16.4 Å². The summed E-state index contributed by atoms with van der Waals surface area (Å²) in [5.74, 6) is -0.840. The molecule has 0 fully saturated rings.